The summed E-state index contributed by atoms with van der Waals surface area (Å²) in [5, 5.41) is 1.45. The van der Waals surface area contributed by atoms with Gasteiger partial charge in [-0.3, -0.25) is 4.84 Å². The molecule has 5 nitrogen and oxygen atoms in total. The quantitative estimate of drug-likeness (QED) is 0.752. The highest BCUT2D eigenvalue weighted by Gasteiger charge is 2.46. The average Bonchev–Trinajstić information content (AvgIpc) is 2.70. The highest BCUT2D eigenvalue weighted by molar-refractivity contribution is 6.59. The molecule has 2 bridgehead atoms. The Labute approximate surface area is 118 Å². The van der Waals surface area contributed by atoms with Crippen molar-refractivity contribution in [1.82, 2.24) is 9.96 Å². The minimum atomic E-state index is -0.274. The van der Waals surface area contributed by atoms with Gasteiger partial charge in [-0.2, -0.15) is 5.06 Å². The van der Waals surface area contributed by atoms with Crippen molar-refractivity contribution >= 4 is 19.6 Å². The van der Waals surface area contributed by atoms with E-state index < -0.39 is 0 Å². The van der Waals surface area contributed by atoms with Gasteiger partial charge in [-0.25, -0.2) is 4.79 Å². The van der Waals surface area contributed by atoms with E-state index in [1.807, 2.05) is 30.3 Å². The summed E-state index contributed by atoms with van der Waals surface area (Å²) in [5.74, 6) is 0. The smallest absolute Gasteiger partial charge is 0.312 e. The van der Waals surface area contributed by atoms with Crippen LogP contribution in [0.2, 0.25) is 0 Å². The van der Waals surface area contributed by atoms with Crippen LogP contribution in [0, 0.1) is 0 Å². The number of piperidine rings is 1. The lowest BCUT2D eigenvalue weighted by molar-refractivity contribution is -0.140. The van der Waals surface area contributed by atoms with Crippen molar-refractivity contribution in [2.24, 2.45) is 0 Å². The summed E-state index contributed by atoms with van der Waals surface area (Å²) in [6, 6.07) is 9.38. The summed E-state index contributed by atoms with van der Waals surface area (Å²) in [5.41, 5.74) is 1.08. The molecule has 20 heavy (non-hydrogen) atoms. The molecule has 0 aliphatic carbocycles. The fourth-order valence-electron chi connectivity index (χ4n) is 2.94. The number of urea groups is 1. The second-order valence-electron chi connectivity index (χ2n) is 5.38. The molecule has 0 unspecified atom stereocenters. The Hall–Kier alpha value is -1.82. The van der Waals surface area contributed by atoms with Crippen LogP contribution in [0.5, 0.6) is 0 Å². The molecule has 2 heterocycles. The Morgan fingerprint density at radius 3 is 2.75 bits per heavy atom. The fraction of sp³-hybridized carbons (Fsp3) is 0.429. The van der Waals surface area contributed by atoms with E-state index in [0.717, 1.165) is 18.4 Å². The molecule has 2 saturated heterocycles. The number of hydrogen-bond donors (Lipinski definition) is 0. The van der Waals surface area contributed by atoms with Crippen LogP contribution in [0.4, 0.5) is 4.79 Å². The molecule has 2 atom stereocenters. The number of fused-ring (bicyclic) bond motifs is 2. The van der Waals surface area contributed by atoms with Crippen LogP contribution in [-0.2, 0) is 16.2 Å². The molecule has 6 heteroatoms. The van der Waals surface area contributed by atoms with Gasteiger partial charge in [0.1, 0.15) is 12.3 Å². The minimum Gasteiger partial charge on any atom is -0.312 e. The second-order valence-corrected chi connectivity index (χ2v) is 5.38. The van der Waals surface area contributed by atoms with Crippen molar-refractivity contribution in [2.45, 2.75) is 31.5 Å². The van der Waals surface area contributed by atoms with Crippen molar-refractivity contribution < 1.29 is 14.4 Å². The summed E-state index contributed by atoms with van der Waals surface area (Å²) in [6.07, 6.45) is 1.55. The number of hydrogen-bond acceptors (Lipinski definition) is 3. The van der Waals surface area contributed by atoms with Gasteiger partial charge in [0, 0.05) is 6.54 Å². The molecule has 0 aromatic heterocycles. The van der Waals surface area contributed by atoms with E-state index in [-0.39, 0.29) is 23.8 Å². The largest absolute Gasteiger partial charge is 0.344 e. The molecule has 1 aromatic carbocycles. The molecular weight excluding hydrogens is 255 g/mol. The van der Waals surface area contributed by atoms with Gasteiger partial charge in [0.2, 0.25) is 0 Å². The number of benzene rings is 1. The van der Waals surface area contributed by atoms with Gasteiger partial charge < -0.3 is 9.69 Å². The normalized spacial score (nSPS) is 25.1. The maximum Gasteiger partial charge on any atom is 0.344 e. The average molecular weight is 272 g/mol. The van der Waals surface area contributed by atoms with E-state index in [0.29, 0.717) is 13.2 Å². The lowest BCUT2D eigenvalue weighted by Gasteiger charge is -2.28. The number of amides is 2. The Balaban J connectivity index is 1.67. The van der Waals surface area contributed by atoms with Gasteiger partial charge in [-0.1, -0.05) is 30.3 Å². The van der Waals surface area contributed by atoms with Gasteiger partial charge in [0.25, 0.3) is 0 Å². The fourth-order valence-corrected chi connectivity index (χ4v) is 2.94. The van der Waals surface area contributed by atoms with E-state index in [2.05, 4.69) is 0 Å². The van der Waals surface area contributed by atoms with Crippen molar-refractivity contribution in [1.29, 1.82) is 0 Å². The molecule has 0 N–H and O–H groups in total. The third kappa shape index (κ3) is 2.31. The molecule has 0 saturated carbocycles. The number of carbonyl (C=O) groups is 2. The van der Waals surface area contributed by atoms with Gasteiger partial charge in [-0.15, -0.1) is 0 Å². The Bertz CT molecular complexity index is 522. The van der Waals surface area contributed by atoms with Crippen LogP contribution < -0.4 is 0 Å². The van der Waals surface area contributed by atoms with Crippen LogP contribution in [-0.4, -0.2) is 48.2 Å². The first kappa shape index (κ1) is 13.2. The van der Waals surface area contributed by atoms with Crippen LogP contribution in [0.1, 0.15) is 18.4 Å². The lowest BCUT2D eigenvalue weighted by Crippen LogP contribution is -2.45. The zero-order valence-corrected chi connectivity index (χ0v) is 11.5. The van der Waals surface area contributed by atoms with E-state index in [1.165, 1.54) is 5.06 Å². The van der Waals surface area contributed by atoms with Crippen molar-refractivity contribution in [2.75, 3.05) is 6.54 Å². The third-order valence-corrected chi connectivity index (χ3v) is 4.01. The molecule has 2 amide bonds. The molecule has 0 radical (unpaired) electrons. The van der Waals surface area contributed by atoms with Gasteiger partial charge in [-0.05, 0) is 18.4 Å². The van der Waals surface area contributed by atoms with Crippen LogP contribution >= 0.6 is 0 Å². The predicted molar refractivity (Wildman–Crippen MR) is 75.5 cm³/mol. The Morgan fingerprint density at radius 1 is 1.30 bits per heavy atom. The molecule has 2 aliphatic heterocycles. The predicted octanol–water partition coefficient (Wildman–Crippen LogP) is 0.546. The van der Waals surface area contributed by atoms with Crippen LogP contribution in [0.15, 0.2) is 30.3 Å². The van der Waals surface area contributed by atoms with E-state index in [9.17, 15) is 9.59 Å². The molecule has 2 fully saturated rings. The first-order valence-electron chi connectivity index (χ1n) is 6.94. The monoisotopic (exact) mass is 272 g/mol. The van der Waals surface area contributed by atoms with Crippen LogP contribution in [0.25, 0.3) is 0 Å². The van der Waals surface area contributed by atoms with Gasteiger partial charge in [0.15, 0.2) is 7.85 Å². The SMILES string of the molecule is BC(=O)[C@@H]1CC[C@H]2CN1C(=O)N2OCc1ccccc1. The molecule has 1 aromatic rings. The highest BCUT2D eigenvalue weighted by atomic mass is 16.7. The zero-order chi connectivity index (χ0) is 14.1. The van der Waals surface area contributed by atoms with Crippen molar-refractivity contribution in [3.63, 3.8) is 0 Å². The Kier molecular flexibility index (Phi) is 3.48. The second kappa shape index (κ2) is 5.29. The highest BCUT2D eigenvalue weighted by Crippen LogP contribution is 2.30. The summed E-state index contributed by atoms with van der Waals surface area (Å²) >= 11 is 0. The minimum absolute atomic E-state index is 0.0571. The maximum atomic E-state index is 12.3. The standard InChI is InChI=1S/C14H17BN2O3/c15-13(18)12-7-6-11-8-16(12)14(19)17(11)20-9-10-4-2-1-3-5-10/h1-5,11-12H,6-9,15H2/t11-,12-/m0/s1. The lowest BCUT2D eigenvalue weighted by atomic mass is 9.88. The topological polar surface area (TPSA) is 49.9 Å². The number of hydroxylamine groups is 2. The third-order valence-electron chi connectivity index (χ3n) is 4.01. The summed E-state index contributed by atoms with van der Waals surface area (Å²) in [4.78, 5) is 31.2. The summed E-state index contributed by atoms with van der Waals surface area (Å²) < 4.78 is 0. The first-order chi connectivity index (χ1) is 9.66. The van der Waals surface area contributed by atoms with Crippen LogP contribution in [0.3, 0.4) is 0 Å². The molecule has 2 aliphatic rings. The number of carbonyl (C=O) groups excluding carboxylic acids is 2. The summed E-state index contributed by atoms with van der Waals surface area (Å²) in [6.45, 7) is 0.972. The van der Waals surface area contributed by atoms with Crippen molar-refractivity contribution in [3.05, 3.63) is 35.9 Å². The first-order valence-corrected chi connectivity index (χ1v) is 6.94. The summed E-state index contributed by atoms with van der Waals surface area (Å²) in [7, 11) is 1.55. The number of rotatable bonds is 4. The van der Waals surface area contributed by atoms with Crippen molar-refractivity contribution in [3.8, 4) is 0 Å². The van der Waals surface area contributed by atoms with Gasteiger partial charge >= 0.3 is 6.03 Å². The Morgan fingerprint density at radius 2 is 2.05 bits per heavy atom. The molecular formula is C14H17BN2O3. The van der Waals surface area contributed by atoms with Gasteiger partial charge in [0.05, 0.1) is 12.1 Å². The molecule has 3 rings (SSSR count). The zero-order valence-electron chi connectivity index (χ0n) is 11.5. The van der Waals surface area contributed by atoms with E-state index in [1.54, 1.807) is 12.7 Å². The molecule has 0 spiro atoms. The van der Waals surface area contributed by atoms with E-state index >= 15 is 0 Å². The van der Waals surface area contributed by atoms with E-state index in [4.69, 9.17) is 4.84 Å². The maximum absolute atomic E-state index is 12.3. The molecule has 104 valence electrons. The number of nitrogens with zero attached hydrogens (tertiary/aromatic N) is 2.